The molecule has 2 rings (SSSR count). The Hall–Kier alpha value is -1.36. The Kier molecular flexibility index (Phi) is 4.81. The molecule has 1 amide bonds. The van der Waals surface area contributed by atoms with E-state index in [1.807, 2.05) is 13.8 Å². The number of carbonyl (C=O) groups excluding carboxylic acids is 1. The van der Waals surface area contributed by atoms with E-state index in [1.54, 1.807) is 7.11 Å². The van der Waals surface area contributed by atoms with Crippen molar-refractivity contribution in [3.63, 3.8) is 0 Å². The molecule has 5 nitrogen and oxygen atoms in total. The van der Waals surface area contributed by atoms with E-state index in [9.17, 15) is 4.79 Å². The summed E-state index contributed by atoms with van der Waals surface area (Å²) in [6, 6.07) is 0. The van der Waals surface area contributed by atoms with Gasteiger partial charge in [0, 0.05) is 30.3 Å². The molecule has 1 aliphatic carbocycles. The lowest BCUT2D eigenvalue weighted by molar-refractivity contribution is -0.121. The van der Waals surface area contributed by atoms with E-state index in [4.69, 9.17) is 4.74 Å². The number of hydrogen-bond acceptors (Lipinski definition) is 3. The van der Waals surface area contributed by atoms with Gasteiger partial charge in [0.25, 0.3) is 0 Å². The van der Waals surface area contributed by atoms with Crippen molar-refractivity contribution in [2.24, 2.45) is 5.41 Å². The summed E-state index contributed by atoms with van der Waals surface area (Å²) >= 11 is 0. The lowest BCUT2D eigenvalue weighted by Crippen LogP contribution is -2.39. The summed E-state index contributed by atoms with van der Waals surface area (Å²) < 4.78 is 5.34. The van der Waals surface area contributed by atoms with Crippen LogP contribution in [0.1, 0.15) is 42.6 Å². The minimum Gasteiger partial charge on any atom is -0.384 e. The van der Waals surface area contributed by atoms with Crippen LogP contribution >= 0.6 is 0 Å². The van der Waals surface area contributed by atoms with Crippen LogP contribution in [0.5, 0.6) is 0 Å². The Labute approximate surface area is 120 Å². The maximum atomic E-state index is 12.1. The molecule has 0 aliphatic heterocycles. The molecule has 0 unspecified atom stereocenters. The molecule has 112 valence electrons. The highest BCUT2D eigenvalue weighted by atomic mass is 16.5. The number of rotatable bonds is 6. The molecule has 0 aromatic carbocycles. The maximum absolute atomic E-state index is 12.1. The van der Waals surface area contributed by atoms with Gasteiger partial charge in [0.15, 0.2) is 0 Å². The summed E-state index contributed by atoms with van der Waals surface area (Å²) in [6.07, 6.45) is 5.16. The minimum absolute atomic E-state index is 0.0694. The van der Waals surface area contributed by atoms with Gasteiger partial charge >= 0.3 is 0 Å². The maximum Gasteiger partial charge on any atom is 0.224 e. The molecule has 1 saturated carbocycles. The number of amides is 1. The standard InChI is InChI=1S/C15H25N3O2/c1-11-13(12(2)18-17-11)8-14(19)16-9-15(10-20-3)6-4-5-7-15/h4-10H2,1-3H3,(H,16,19)(H,17,18). The number of aryl methyl sites for hydroxylation is 2. The number of nitrogens with zero attached hydrogens (tertiary/aromatic N) is 1. The van der Waals surface area contributed by atoms with E-state index in [1.165, 1.54) is 12.8 Å². The Morgan fingerprint density at radius 3 is 2.65 bits per heavy atom. The molecule has 0 saturated heterocycles. The highest BCUT2D eigenvalue weighted by molar-refractivity contribution is 5.79. The fourth-order valence-electron chi connectivity index (χ4n) is 3.15. The number of nitrogens with one attached hydrogen (secondary N) is 2. The summed E-state index contributed by atoms with van der Waals surface area (Å²) in [5.41, 5.74) is 3.04. The van der Waals surface area contributed by atoms with Crippen LogP contribution in [0.15, 0.2) is 0 Å². The smallest absolute Gasteiger partial charge is 0.224 e. The van der Waals surface area contributed by atoms with Gasteiger partial charge in [0.1, 0.15) is 0 Å². The Bertz CT molecular complexity index is 442. The lowest BCUT2D eigenvalue weighted by atomic mass is 9.87. The predicted octanol–water partition coefficient (Wildman–Crippen LogP) is 1.89. The number of ether oxygens (including phenoxy) is 1. The SMILES string of the molecule is COCC1(CNC(=O)Cc2c(C)n[nH]c2C)CCCC1. The van der Waals surface area contributed by atoms with E-state index >= 15 is 0 Å². The van der Waals surface area contributed by atoms with Crippen LogP contribution < -0.4 is 5.32 Å². The molecule has 20 heavy (non-hydrogen) atoms. The summed E-state index contributed by atoms with van der Waals surface area (Å²) in [6.45, 7) is 5.33. The van der Waals surface area contributed by atoms with E-state index < -0.39 is 0 Å². The van der Waals surface area contributed by atoms with Gasteiger partial charge in [-0.2, -0.15) is 5.10 Å². The van der Waals surface area contributed by atoms with Crippen molar-refractivity contribution in [2.45, 2.75) is 46.0 Å². The first-order valence-electron chi connectivity index (χ1n) is 7.32. The van der Waals surface area contributed by atoms with Crippen molar-refractivity contribution in [3.05, 3.63) is 17.0 Å². The van der Waals surface area contributed by atoms with Gasteiger partial charge in [0.05, 0.1) is 18.7 Å². The molecule has 1 aromatic rings. The molecule has 1 aromatic heterocycles. The number of methoxy groups -OCH3 is 1. The summed E-state index contributed by atoms with van der Waals surface area (Å²) in [7, 11) is 1.74. The first-order chi connectivity index (χ1) is 9.56. The summed E-state index contributed by atoms with van der Waals surface area (Å²) in [5.74, 6) is 0.0694. The minimum atomic E-state index is 0.0694. The molecule has 1 aliphatic rings. The van der Waals surface area contributed by atoms with Crippen molar-refractivity contribution in [3.8, 4) is 0 Å². The van der Waals surface area contributed by atoms with E-state index in [2.05, 4.69) is 15.5 Å². The Morgan fingerprint density at radius 2 is 2.10 bits per heavy atom. The zero-order chi connectivity index (χ0) is 14.6. The first-order valence-corrected chi connectivity index (χ1v) is 7.32. The van der Waals surface area contributed by atoms with Gasteiger partial charge in [-0.1, -0.05) is 12.8 Å². The third kappa shape index (κ3) is 3.39. The summed E-state index contributed by atoms with van der Waals surface area (Å²) in [4.78, 5) is 12.1. The largest absolute Gasteiger partial charge is 0.384 e. The van der Waals surface area contributed by atoms with Gasteiger partial charge in [0.2, 0.25) is 5.91 Å². The first kappa shape index (κ1) is 15.0. The van der Waals surface area contributed by atoms with Gasteiger partial charge in [-0.25, -0.2) is 0 Å². The average molecular weight is 279 g/mol. The fourth-order valence-corrected chi connectivity index (χ4v) is 3.15. The number of aromatic amines is 1. The molecule has 0 radical (unpaired) electrons. The number of hydrogen-bond donors (Lipinski definition) is 2. The van der Waals surface area contributed by atoms with Crippen LogP contribution in [0.3, 0.4) is 0 Å². The van der Waals surface area contributed by atoms with Crippen LogP contribution in [0.2, 0.25) is 0 Å². The Balaban J connectivity index is 1.88. The molecular weight excluding hydrogens is 254 g/mol. The van der Waals surface area contributed by atoms with Crippen molar-refractivity contribution in [2.75, 3.05) is 20.3 Å². The molecule has 5 heteroatoms. The summed E-state index contributed by atoms with van der Waals surface area (Å²) in [5, 5.41) is 10.1. The molecule has 2 N–H and O–H groups in total. The van der Waals surface area contributed by atoms with Crippen molar-refractivity contribution in [1.82, 2.24) is 15.5 Å². The second kappa shape index (κ2) is 6.39. The number of aromatic nitrogens is 2. The highest BCUT2D eigenvalue weighted by Gasteiger charge is 2.34. The average Bonchev–Trinajstić information content (AvgIpc) is 3.00. The van der Waals surface area contributed by atoms with Crippen molar-refractivity contribution in [1.29, 1.82) is 0 Å². The van der Waals surface area contributed by atoms with Crippen LogP contribution in [0.25, 0.3) is 0 Å². The van der Waals surface area contributed by atoms with Gasteiger partial charge in [-0.3, -0.25) is 9.89 Å². The second-order valence-corrected chi connectivity index (χ2v) is 6.01. The zero-order valence-electron chi connectivity index (χ0n) is 12.7. The molecule has 1 heterocycles. The van der Waals surface area contributed by atoms with Crippen molar-refractivity contribution >= 4 is 5.91 Å². The lowest BCUT2D eigenvalue weighted by Gasteiger charge is -2.28. The number of H-pyrrole nitrogens is 1. The predicted molar refractivity (Wildman–Crippen MR) is 77.6 cm³/mol. The van der Waals surface area contributed by atoms with E-state index in [0.29, 0.717) is 6.42 Å². The topological polar surface area (TPSA) is 67.0 Å². The quantitative estimate of drug-likeness (QED) is 0.835. The third-order valence-corrected chi connectivity index (χ3v) is 4.39. The Morgan fingerprint density at radius 1 is 1.40 bits per heavy atom. The van der Waals surface area contributed by atoms with Gasteiger partial charge in [-0.05, 0) is 26.7 Å². The van der Waals surface area contributed by atoms with Crippen molar-refractivity contribution < 1.29 is 9.53 Å². The van der Waals surface area contributed by atoms with Crippen LogP contribution in [0, 0.1) is 19.3 Å². The molecule has 1 fully saturated rings. The van der Waals surface area contributed by atoms with Crippen LogP contribution in [-0.2, 0) is 16.0 Å². The zero-order valence-corrected chi connectivity index (χ0v) is 12.7. The van der Waals surface area contributed by atoms with Crippen LogP contribution in [0.4, 0.5) is 0 Å². The van der Waals surface area contributed by atoms with Gasteiger partial charge in [-0.15, -0.1) is 0 Å². The van der Waals surface area contributed by atoms with Gasteiger partial charge < -0.3 is 10.1 Å². The van der Waals surface area contributed by atoms with E-state index in [-0.39, 0.29) is 11.3 Å². The highest BCUT2D eigenvalue weighted by Crippen LogP contribution is 2.37. The third-order valence-electron chi connectivity index (χ3n) is 4.39. The fraction of sp³-hybridized carbons (Fsp3) is 0.733. The number of carbonyl (C=O) groups is 1. The normalized spacial score (nSPS) is 17.4. The monoisotopic (exact) mass is 279 g/mol. The second-order valence-electron chi connectivity index (χ2n) is 6.01. The van der Waals surface area contributed by atoms with E-state index in [0.717, 1.165) is 42.9 Å². The molecular formula is C15H25N3O2. The molecule has 0 bridgehead atoms. The molecule has 0 atom stereocenters. The van der Waals surface area contributed by atoms with Crippen LogP contribution in [-0.4, -0.2) is 36.4 Å². The molecule has 0 spiro atoms.